The summed E-state index contributed by atoms with van der Waals surface area (Å²) >= 11 is 3.74. The second-order valence-corrected chi connectivity index (χ2v) is 6.49. The van der Waals surface area contributed by atoms with Crippen LogP contribution >= 0.6 is 15.9 Å². The third kappa shape index (κ3) is 4.20. The van der Waals surface area contributed by atoms with Crippen molar-refractivity contribution in [1.82, 2.24) is 0 Å². The van der Waals surface area contributed by atoms with Crippen LogP contribution in [0.1, 0.15) is 50.7 Å². The Morgan fingerprint density at radius 2 is 1.33 bits per heavy atom. The first kappa shape index (κ1) is 16.3. The van der Waals surface area contributed by atoms with Crippen LogP contribution in [0, 0.1) is 0 Å². The smallest absolute Gasteiger partial charge is 0.0253 e. The van der Waals surface area contributed by atoms with E-state index >= 15 is 0 Å². The molecule has 0 spiro atoms. The van der Waals surface area contributed by atoms with Gasteiger partial charge in [0.2, 0.25) is 0 Å². The van der Waals surface area contributed by atoms with Crippen LogP contribution in [0.2, 0.25) is 0 Å². The minimum atomic E-state index is 1.17. The van der Waals surface area contributed by atoms with Crippen LogP contribution in [0.25, 0.3) is 11.1 Å². The van der Waals surface area contributed by atoms with Gasteiger partial charge < -0.3 is 0 Å². The van der Waals surface area contributed by atoms with Crippen molar-refractivity contribution in [3.05, 3.63) is 58.1 Å². The minimum absolute atomic E-state index is 1.17. The zero-order valence-electron chi connectivity index (χ0n) is 13.2. The Morgan fingerprint density at radius 3 is 1.86 bits per heavy atom. The molecule has 0 atom stereocenters. The van der Waals surface area contributed by atoms with Gasteiger partial charge in [-0.1, -0.05) is 79.0 Å². The Balaban J connectivity index is 2.49. The lowest BCUT2D eigenvalue weighted by atomic mass is 9.89. The van der Waals surface area contributed by atoms with E-state index in [1.54, 1.807) is 0 Å². The number of hydrogen-bond donors (Lipinski definition) is 0. The molecule has 0 aliphatic carbocycles. The van der Waals surface area contributed by atoms with Crippen LogP contribution in [-0.4, -0.2) is 0 Å². The van der Waals surface area contributed by atoms with Crippen molar-refractivity contribution >= 4 is 15.9 Å². The highest BCUT2D eigenvalue weighted by Crippen LogP contribution is 2.35. The van der Waals surface area contributed by atoms with E-state index < -0.39 is 0 Å². The van der Waals surface area contributed by atoms with Gasteiger partial charge in [0.05, 0.1) is 0 Å². The van der Waals surface area contributed by atoms with E-state index in [1.165, 1.54) is 65.3 Å². The zero-order chi connectivity index (χ0) is 15.1. The van der Waals surface area contributed by atoms with Crippen molar-refractivity contribution in [2.24, 2.45) is 0 Å². The highest BCUT2D eigenvalue weighted by atomic mass is 79.9. The van der Waals surface area contributed by atoms with Crippen LogP contribution in [0.15, 0.2) is 46.9 Å². The lowest BCUT2D eigenvalue weighted by Crippen LogP contribution is -1.97. The summed E-state index contributed by atoms with van der Waals surface area (Å²) < 4.78 is 1.20. The molecule has 21 heavy (non-hydrogen) atoms. The number of aryl methyl sites for hydroxylation is 2. The normalized spacial score (nSPS) is 10.8. The Morgan fingerprint density at radius 1 is 0.762 bits per heavy atom. The predicted octanol–water partition coefficient (Wildman–Crippen LogP) is 6.80. The summed E-state index contributed by atoms with van der Waals surface area (Å²) in [6.45, 7) is 4.53. The average molecular weight is 345 g/mol. The Labute approximate surface area is 137 Å². The molecule has 0 nitrogen and oxygen atoms in total. The first-order chi connectivity index (χ1) is 10.3. The molecule has 0 bridgehead atoms. The number of unbranched alkanes of at least 4 members (excludes halogenated alkanes) is 2. The lowest BCUT2D eigenvalue weighted by Gasteiger charge is -2.16. The molecule has 0 heterocycles. The van der Waals surface area contributed by atoms with Gasteiger partial charge >= 0.3 is 0 Å². The van der Waals surface area contributed by atoms with Crippen LogP contribution in [0.5, 0.6) is 0 Å². The maximum absolute atomic E-state index is 3.74. The average Bonchev–Trinajstić information content (AvgIpc) is 2.51. The van der Waals surface area contributed by atoms with Crippen LogP contribution in [0.4, 0.5) is 0 Å². The highest BCUT2D eigenvalue weighted by molar-refractivity contribution is 9.10. The molecule has 2 aromatic rings. The van der Waals surface area contributed by atoms with Gasteiger partial charge in [0.25, 0.3) is 0 Å². The van der Waals surface area contributed by atoms with Crippen LogP contribution in [0.3, 0.4) is 0 Å². The minimum Gasteiger partial charge on any atom is -0.0654 e. The number of rotatable bonds is 7. The maximum atomic E-state index is 3.74. The van der Waals surface area contributed by atoms with E-state index in [0.29, 0.717) is 0 Å². The fourth-order valence-electron chi connectivity index (χ4n) is 2.81. The first-order valence-electron chi connectivity index (χ1n) is 8.13. The fraction of sp³-hybridized carbons (Fsp3) is 0.400. The van der Waals surface area contributed by atoms with Gasteiger partial charge in [0.15, 0.2) is 0 Å². The first-order valence-corrected chi connectivity index (χ1v) is 8.92. The van der Waals surface area contributed by atoms with Crippen molar-refractivity contribution in [3.63, 3.8) is 0 Å². The lowest BCUT2D eigenvalue weighted by molar-refractivity contribution is 0.782. The topological polar surface area (TPSA) is 0 Å². The second-order valence-electron chi connectivity index (χ2n) is 5.64. The standard InChI is InChI=1S/C20H25Br/c1-3-5-10-16-12-9-13-17(11-6-4-2)20(16)18-14-7-8-15-19(18)21/h7-9,12-15H,3-6,10-11H2,1-2H3. The third-order valence-corrected chi connectivity index (χ3v) is 4.67. The van der Waals surface area contributed by atoms with E-state index in [0.717, 1.165) is 0 Å². The Kier molecular flexibility index (Phi) is 6.50. The third-order valence-electron chi connectivity index (χ3n) is 3.98. The van der Waals surface area contributed by atoms with Gasteiger partial charge in [-0.15, -0.1) is 0 Å². The molecule has 2 rings (SSSR count). The van der Waals surface area contributed by atoms with E-state index in [1.807, 2.05) is 0 Å². The van der Waals surface area contributed by atoms with Gasteiger partial charge in [0.1, 0.15) is 0 Å². The molecule has 0 aliphatic heterocycles. The van der Waals surface area contributed by atoms with Gasteiger partial charge in [-0.3, -0.25) is 0 Å². The molecule has 0 amide bonds. The van der Waals surface area contributed by atoms with E-state index in [4.69, 9.17) is 0 Å². The molecule has 1 heteroatoms. The molecule has 0 saturated carbocycles. The van der Waals surface area contributed by atoms with E-state index in [2.05, 4.69) is 72.2 Å². The number of halogens is 1. The number of hydrogen-bond acceptors (Lipinski definition) is 0. The molecule has 112 valence electrons. The molecule has 0 N–H and O–H groups in total. The van der Waals surface area contributed by atoms with Crippen molar-refractivity contribution in [3.8, 4) is 11.1 Å². The van der Waals surface area contributed by atoms with Crippen LogP contribution in [-0.2, 0) is 12.8 Å². The zero-order valence-corrected chi connectivity index (χ0v) is 14.7. The molecule has 0 radical (unpaired) electrons. The van der Waals surface area contributed by atoms with Crippen LogP contribution < -0.4 is 0 Å². The summed E-state index contributed by atoms with van der Waals surface area (Å²) in [4.78, 5) is 0. The van der Waals surface area contributed by atoms with Crippen molar-refractivity contribution < 1.29 is 0 Å². The monoisotopic (exact) mass is 344 g/mol. The summed E-state index contributed by atoms with van der Waals surface area (Å²) in [7, 11) is 0. The quantitative estimate of drug-likeness (QED) is 0.517. The van der Waals surface area contributed by atoms with Crippen molar-refractivity contribution in [2.75, 3.05) is 0 Å². The summed E-state index contributed by atoms with van der Waals surface area (Å²) in [5.41, 5.74) is 5.80. The molecule has 2 aromatic carbocycles. The van der Waals surface area contributed by atoms with Gasteiger partial charge in [-0.25, -0.2) is 0 Å². The Bertz CT molecular complexity index is 546. The highest BCUT2D eigenvalue weighted by Gasteiger charge is 2.12. The molecular weight excluding hydrogens is 320 g/mol. The Hall–Kier alpha value is -1.08. The van der Waals surface area contributed by atoms with Crippen molar-refractivity contribution in [1.29, 1.82) is 0 Å². The number of benzene rings is 2. The molecule has 0 aliphatic rings. The molecule has 0 saturated heterocycles. The molecular formula is C20H25Br. The van der Waals surface area contributed by atoms with Crippen molar-refractivity contribution in [2.45, 2.75) is 52.4 Å². The summed E-state index contributed by atoms with van der Waals surface area (Å²) in [5, 5.41) is 0. The SMILES string of the molecule is CCCCc1cccc(CCCC)c1-c1ccccc1Br. The summed E-state index contributed by atoms with van der Waals surface area (Å²) in [6, 6.07) is 15.5. The van der Waals surface area contributed by atoms with Gasteiger partial charge in [0, 0.05) is 4.47 Å². The predicted molar refractivity (Wildman–Crippen MR) is 96.8 cm³/mol. The molecule has 0 unspecified atom stereocenters. The van der Waals surface area contributed by atoms with Gasteiger partial charge in [-0.05, 0) is 54.0 Å². The summed E-state index contributed by atoms with van der Waals surface area (Å²) in [6.07, 6.45) is 7.35. The largest absolute Gasteiger partial charge is 0.0654 e. The fourth-order valence-corrected chi connectivity index (χ4v) is 3.30. The van der Waals surface area contributed by atoms with Gasteiger partial charge in [-0.2, -0.15) is 0 Å². The molecule has 0 aromatic heterocycles. The van der Waals surface area contributed by atoms with E-state index in [9.17, 15) is 0 Å². The molecule has 0 fully saturated rings. The van der Waals surface area contributed by atoms with E-state index in [-0.39, 0.29) is 0 Å². The second kappa shape index (κ2) is 8.38. The summed E-state index contributed by atoms with van der Waals surface area (Å²) in [5.74, 6) is 0. The maximum Gasteiger partial charge on any atom is 0.0253 e.